The fourth-order valence-electron chi connectivity index (χ4n) is 1.32. The van der Waals surface area contributed by atoms with Crippen LogP contribution < -0.4 is 4.74 Å². The van der Waals surface area contributed by atoms with E-state index in [1.807, 2.05) is 47.9 Å². The lowest BCUT2D eigenvalue weighted by Crippen LogP contribution is -2.05. The number of rotatable bonds is 4. The molecular weight excluding hydrogens is 232 g/mol. The topological polar surface area (TPSA) is 26.3 Å². The zero-order valence-electron chi connectivity index (χ0n) is 9.21. The van der Waals surface area contributed by atoms with Gasteiger partial charge in [-0.1, -0.05) is 30.3 Å². The maximum Gasteiger partial charge on any atom is 0.315 e. The number of carbonyl (C=O) groups excluding carboxylic acids is 1. The first-order chi connectivity index (χ1) is 8.34. The molecule has 17 heavy (non-hydrogen) atoms. The van der Waals surface area contributed by atoms with Gasteiger partial charge in [-0.2, -0.15) is 0 Å². The number of ether oxygens (including phenoxy) is 1. The summed E-state index contributed by atoms with van der Waals surface area (Å²) in [7, 11) is 0. The zero-order valence-corrected chi connectivity index (χ0v) is 10.0. The van der Waals surface area contributed by atoms with Crippen molar-refractivity contribution < 1.29 is 9.53 Å². The molecule has 0 saturated heterocycles. The minimum Gasteiger partial charge on any atom is -0.426 e. The van der Waals surface area contributed by atoms with E-state index in [1.165, 1.54) is 0 Å². The van der Waals surface area contributed by atoms with E-state index < -0.39 is 0 Å². The van der Waals surface area contributed by atoms with Gasteiger partial charge in [0.05, 0.1) is 6.42 Å². The van der Waals surface area contributed by atoms with Gasteiger partial charge in [0.2, 0.25) is 0 Å². The molecule has 86 valence electrons. The number of esters is 1. The SMILES string of the molecule is O=C(C/C=C/c1cccs1)Oc1ccccc1. The van der Waals surface area contributed by atoms with Crippen molar-refractivity contribution in [1.82, 2.24) is 0 Å². The van der Waals surface area contributed by atoms with E-state index in [1.54, 1.807) is 23.5 Å². The van der Waals surface area contributed by atoms with Crippen molar-refractivity contribution in [2.45, 2.75) is 6.42 Å². The Labute approximate surface area is 104 Å². The normalized spacial score (nSPS) is 10.6. The van der Waals surface area contributed by atoms with Crippen LogP contribution in [0.3, 0.4) is 0 Å². The number of para-hydroxylation sites is 1. The van der Waals surface area contributed by atoms with Gasteiger partial charge in [-0.05, 0) is 29.7 Å². The second-order valence-electron chi connectivity index (χ2n) is 3.41. The van der Waals surface area contributed by atoms with E-state index in [0.29, 0.717) is 5.75 Å². The van der Waals surface area contributed by atoms with Crippen LogP contribution in [0, 0.1) is 0 Å². The molecule has 0 spiro atoms. The molecule has 0 aliphatic heterocycles. The monoisotopic (exact) mass is 244 g/mol. The Morgan fingerprint density at radius 3 is 2.71 bits per heavy atom. The Balaban J connectivity index is 1.82. The van der Waals surface area contributed by atoms with Gasteiger partial charge >= 0.3 is 5.97 Å². The smallest absolute Gasteiger partial charge is 0.315 e. The quantitative estimate of drug-likeness (QED) is 0.604. The largest absolute Gasteiger partial charge is 0.426 e. The van der Waals surface area contributed by atoms with Gasteiger partial charge in [0, 0.05) is 4.88 Å². The molecule has 0 saturated carbocycles. The van der Waals surface area contributed by atoms with Crippen molar-refractivity contribution in [3.05, 3.63) is 58.8 Å². The summed E-state index contributed by atoms with van der Waals surface area (Å²) in [6.07, 6.45) is 4.03. The highest BCUT2D eigenvalue weighted by Gasteiger charge is 2.01. The van der Waals surface area contributed by atoms with Crippen molar-refractivity contribution >= 4 is 23.4 Å². The molecule has 0 radical (unpaired) electrons. The Morgan fingerprint density at radius 1 is 1.18 bits per heavy atom. The minimum absolute atomic E-state index is 0.246. The third-order valence-electron chi connectivity index (χ3n) is 2.08. The highest BCUT2D eigenvalue weighted by molar-refractivity contribution is 7.10. The van der Waals surface area contributed by atoms with Crippen molar-refractivity contribution in [1.29, 1.82) is 0 Å². The summed E-state index contributed by atoms with van der Waals surface area (Å²) in [6, 6.07) is 13.1. The van der Waals surface area contributed by atoms with Crippen LogP contribution >= 0.6 is 11.3 Å². The summed E-state index contributed by atoms with van der Waals surface area (Å²) in [4.78, 5) is 12.6. The van der Waals surface area contributed by atoms with Crippen LogP contribution in [0.1, 0.15) is 11.3 Å². The van der Waals surface area contributed by atoms with Crippen LogP contribution in [0.15, 0.2) is 53.9 Å². The summed E-state index contributed by atoms with van der Waals surface area (Å²) in [5.74, 6) is 0.339. The zero-order chi connectivity index (χ0) is 11.9. The first-order valence-corrected chi connectivity index (χ1v) is 6.18. The third-order valence-corrected chi connectivity index (χ3v) is 2.92. The van der Waals surface area contributed by atoms with Crippen LogP contribution in [-0.2, 0) is 4.79 Å². The summed E-state index contributed by atoms with van der Waals surface area (Å²) >= 11 is 1.64. The average Bonchev–Trinajstić information content (AvgIpc) is 2.83. The summed E-state index contributed by atoms with van der Waals surface area (Å²) < 4.78 is 5.15. The lowest BCUT2D eigenvalue weighted by Gasteiger charge is -2.00. The van der Waals surface area contributed by atoms with Gasteiger partial charge in [0.1, 0.15) is 5.75 Å². The van der Waals surface area contributed by atoms with Crippen LogP contribution in [0.2, 0.25) is 0 Å². The number of thiophene rings is 1. The Morgan fingerprint density at radius 2 is 2.00 bits per heavy atom. The maximum absolute atomic E-state index is 11.5. The number of hydrogen-bond donors (Lipinski definition) is 0. The Kier molecular flexibility index (Phi) is 4.11. The molecule has 2 rings (SSSR count). The Hall–Kier alpha value is -1.87. The molecule has 1 aromatic heterocycles. The van der Waals surface area contributed by atoms with E-state index in [9.17, 15) is 4.79 Å². The lowest BCUT2D eigenvalue weighted by molar-refractivity contribution is -0.133. The van der Waals surface area contributed by atoms with Crippen molar-refractivity contribution in [2.24, 2.45) is 0 Å². The molecule has 0 amide bonds. The van der Waals surface area contributed by atoms with Crippen molar-refractivity contribution in [3.8, 4) is 5.75 Å². The number of hydrogen-bond acceptors (Lipinski definition) is 3. The number of carbonyl (C=O) groups is 1. The average molecular weight is 244 g/mol. The van der Waals surface area contributed by atoms with Gasteiger partial charge in [-0.3, -0.25) is 4.79 Å². The fourth-order valence-corrected chi connectivity index (χ4v) is 1.97. The molecule has 1 heterocycles. The molecule has 0 aliphatic rings. The van der Waals surface area contributed by atoms with E-state index in [4.69, 9.17) is 4.74 Å². The fraction of sp³-hybridized carbons (Fsp3) is 0.0714. The van der Waals surface area contributed by atoms with Crippen LogP contribution in [0.25, 0.3) is 6.08 Å². The van der Waals surface area contributed by atoms with Crippen molar-refractivity contribution in [3.63, 3.8) is 0 Å². The molecule has 1 aromatic carbocycles. The highest BCUT2D eigenvalue weighted by atomic mass is 32.1. The van der Waals surface area contributed by atoms with Gasteiger partial charge in [-0.15, -0.1) is 11.3 Å². The summed E-state index contributed by atoms with van der Waals surface area (Å²) in [6.45, 7) is 0. The number of benzene rings is 1. The van der Waals surface area contributed by atoms with E-state index in [-0.39, 0.29) is 12.4 Å². The molecule has 0 fully saturated rings. The minimum atomic E-state index is -0.246. The molecular formula is C14H12O2S. The van der Waals surface area contributed by atoms with Gasteiger partial charge in [0.15, 0.2) is 0 Å². The molecule has 0 bridgehead atoms. The summed E-state index contributed by atoms with van der Waals surface area (Å²) in [5, 5.41) is 2.00. The maximum atomic E-state index is 11.5. The standard InChI is InChI=1S/C14H12O2S/c15-14(16-12-6-2-1-3-7-12)10-4-8-13-9-5-11-17-13/h1-9,11H,10H2/b8-4+. The van der Waals surface area contributed by atoms with Gasteiger partial charge in [0.25, 0.3) is 0 Å². The predicted molar refractivity (Wildman–Crippen MR) is 70.0 cm³/mol. The Bertz CT molecular complexity index is 486. The highest BCUT2D eigenvalue weighted by Crippen LogP contribution is 2.12. The van der Waals surface area contributed by atoms with Crippen molar-refractivity contribution in [2.75, 3.05) is 0 Å². The van der Waals surface area contributed by atoms with E-state index in [2.05, 4.69) is 0 Å². The predicted octanol–water partition coefficient (Wildman–Crippen LogP) is 3.76. The second kappa shape index (κ2) is 6.01. The second-order valence-corrected chi connectivity index (χ2v) is 4.39. The molecule has 3 heteroatoms. The molecule has 0 aliphatic carbocycles. The van der Waals surface area contributed by atoms with E-state index >= 15 is 0 Å². The first-order valence-electron chi connectivity index (χ1n) is 5.30. The molecule has 0 N–H and O–H groups in total. The molecule has 2 aromatic rings. The van der Waals surface area contributed by atoms with Gasteiger partial charge in [-0.25, -0.2) is 0 Å². The van der Waals surface area contributed by atoms with Gasteiger partial charge < -0.3 is 4.74 Å². The molecule has 0 atom stereocenters. The first kappa shape index (κ1) is 11.6. The van der Waals surface area contributed by atoms with Crippen LogP contribution in [0.4, 0.5) is 0 Å². The lowest BCUT2D eigenvalue weighted by atomic mass is 10.3. The molecule has 0 unspecified atom stereocenters. The molecule has 2 nitrogen and oxygen atoms in total. The summed E-state index contributed by atoms with van der Waals surface area (Å²) in [5.41, 5.74) is 0. The van der Waals surface area contributed by atoms with Crippen LogP contribution in [-0.4, -0.2) is 5.97 Å². The van der Waals surface area contributed by atoms with Crippen LogP contribution in [0.5, 0.6) is 5.75 Å². The van der Waals surface area contributed by atoms with E-state index in [0.717, 1.165) is 4.88 Å². The third kappa shape index (κ3) is 3.89.